The van der Waals surface area contributed by atoms with Crippen molar-refractivity contribution in [3.63, 3.8) is 0 Å². The van der Waals surface area contributed by atoms with Crippen molar-refractivity contribution in [2.45, 2.75) is 18.6 Å². The maximum atomic E-state index is 12.0. The van der Waals surface area contributed by atoms with E-state index in [0.717, 1.165) is 19.5 Å². The average molecular weight is 236 g/mol. The van der Waals surface area contributed by atoms with Gasteiger partial charge in [-0.3, -0.25) is 0 Å². The second kappa shape index (κ2) is 5.79. The highest BCUT2D eigenvalue weighted by atomic mass is 32.2. The zero-order chi connectivity index (χ0) is 11.3. The van der Waals surface area contributed by atoms with Crippen LogP contribution in [-0.2, 0) is 14.8 Å². The lowest BCUT2D eigenvalue weighted by Crippen LogP contribution is -2.41. The van der Waals surface area contributed by atoms with Crippen LogP contribution in [0.5, 0.6) is 0 Å². The van der Waals surface area contributed by atoms with Gasteiger partial charge >= 0.3 is 0 Å². The van der Waals surface area contributed by atoms with Crippen LogP contribution in [0.4, 0.5) is 0 Å². The summed E-state index contributed by atoms with van der Waals surface area (Å²) in [7, 11) is -1.66. The zero-order valence-corrected chi connectivity index (χ0v) is 10.2. The van der Waals surface area contributed by atoms with E-state index in [4.69, 9.17) is 4.74 Å². The number of sulfonamides is 1. The Morgan fingerprint density at radius 2 is 2.13 bits per heavy atom. The van der Waals surface area contributed by atoms with Crippen molar-refractivity contribution >= 4 is 10.0 Å². The second-order valence-corrected chi connectivity index (χ2v) is 6.16. The molecule has 0 aliphatic carbocycles. The van der Waals surface area contributed by atoms with Gasteiger partial charge in [0.05, 0.1) is 11.9 Å². The van der Waals surface area contributed by atoms with Crippen molar-refractivity contribution in [1.29, 1.82) is 0 Å². The lowest BCUT2D eigenvalue weighted by Gasteiger charge is -2.23. The molecule has 0 radical (unpaired) electrons. The highest BCUT2D eigenvalue weighted by molar-refractivity contribution is 7.89. The molecule has 0 bridgehead atoms. The SMILES string of the molecule is COCC(C)S(=O)(=O)N1CCCNCC1. The minimum absolute atomic E-state index is 0.256. The third-order valence-electron chi connectivity index (χ3n) is 2.57. The van der Waals surface area contributed by atoms with E-state index in [2.05, 4.69) is 5.32 Å². The van der Waals surface area contributed by atoms with Crippen LogP contribution < -0.4 is 5.32 Å². The van der Waals surface area contributed by atoms with Crippen molar-refractivity contribution in [3.8, 4) is 0 Å². The molecule has 0 aromatic rings. The first-order valence-corrected chi connectivity index (χ1v) is 6.78. The fourth-order valence-corrected chi connectivity index (χ4v) is 3.20. The van der Waals surface area contributed by atoms with E-state index in [-0.39, 0.29) is 6.61 Å². The first kappa shape index (κ1) is 12.9. The molecule has 1 rings (SSSR count). The summed E-state index contributed by atoms with van der Waals surface area (Å²) < 4.78 is 30.5. The number of methoxy groups -OCH3 is 1. The fraction of sp³-hybridized carbons (Fsp3) is 1.00. The van der Waals surface area contributed by atoms with Gasteiger partial charge in [-0.1, -0.05) is 0 Å². The molecule has 0 aromatic carbocycles. The lowest BCUT2D eigenvalue weighted by molar-refractivity contribution is 0.198. The van der Waals surface area contributed by atoms with Crippen LogP contribution in [0.15, 0.2) is 0 Å². The number of nitrogens with zero attached hydrogens (tertiary/aromatic N) is 1. The molecule has 0 aromatic heterocycles. The Bertz CT molecular complexity index is 271. The van der Waals surface area contributed by atoms with Crippen LogP contribution >= 0.6 is 0 Å². The van der Waals surface area contributed by atoms with Gasteiger partial charge in [0.1, 0.15) is 0 Å². The van der Waals surface area contributed by atoms with Crippen LogP contribution in [0.1, 0.15) is 13.3 Å². The Hall–Kier alpha value is -0.170. The Morgan fingerprint density at radius 3 is 2.80 bits per heavy atom. The van der Waals surface area contributed by atoms with Gasteiger partial charge in [-0.15, -0.1) is 0 Å². The quantitative estimate of drug-likeness (QED) is 0.724. The van der Waals surface area contributed by atoms with Crippen molar-refractivity contribution < 1.29 is 13.2 Å². The van der Waals surface area contributed by atoms with E-state index in [9.17, 15) is 8.42 Å². The summed E-state index contributed by atoms with van der Waals surface area (Å²) in [5.41, 5.74) is 0. The number of hydrogen-bond acceptors (Lipinski definition) is 4. The monoisotopic (exact) mass is 236 g/mol. The molecule has 0 spiro atoms. The molecule has 1 N–H and O–H groups in total. The second-order valence-electron chi connectivity index (χ2n) is 3.81. The third-order valence-corrected chi connectivity index (χ3v) is 4.81. The summed E-state index contributed by atoms with van der Waals surface area (Å²) in [5, 5.41) is 2.73. The van der Waals surface area contributed by atoms with E-state index in [0.29, 0.717) is 13.1 Å². The lowest BCUT2D eigenvalue weighted by atomic mass is 10.4. The maximum absolute atomic E-state index is 12.0. The maximum Gasteiger partial charge on any atom is 0.219 e. The van der Waals surface area contributed by atoms with Crippen molar-refractivity contribution in [2.24, 2.45) is 0 Å². The van der Waals surface area contributed by atoms with Crippen molar-refractivity contribution in [1.82, 2.24) is 9.62 Å². The highest BCUT2D eigenvalue weighted by Gasteiger charge is 2.28. The average Bonchev–Trinajstić information content (AvgIpc) is 2.46. The number of rotatable bonds is 4. The number of nitrogens with one attached hydrogen (secondary N) is 1. The first-order chi connectivity index (χ1) is 7.09. The molecular weight excluding hydrogens is 216 g/mol. The Morgan fingerprint density at radius 1 is 1.40 bits per heavy atom. The molecule has 6 heteroatoms. The van der Waals surface area contributed by atoms with Crippen molar-refractivity contribution in [3.05, 3.63) is 0 Å². The number of ether oxygens (including phenoxy) is 1. The summed E-state index contributed by atoms with van der Waals surface area (Å²) in [6.07, 6.45) is 0.874. The number of hydrogen-bond donors (Lipinski definition) is 1. The fourth-order valence-electron chi connectivity index (χ4n) is 1.65. The summed E-state index contributed by atoms with van der Waals surface area (Å²) >= 11 is 0. The molecule has 1 heterocycles. The largest absolute Gasteiger partial charge is 0.383 e. The minimum Gasteiger partial charge on any atom is -0.383 e. The Balaban J connectivity index is 2.66. The molecule has 90 valence electrons. The smallest absolute Gasteiger partial charge is 0.219 e. The molecular formula is C9H20N2O3S. The van der Waals surface area contributed by atoms with Crippen LogP contribution in [0.25, 0.3) is 0 Å². The predicted molar refractivity (Wildman–Crippen MR) is 59.3 cm³/mol. The molecule has 0 saturated carbocycles. The summed E-state index contributed by atoms with van der Waals surface area (Å²) in [6.45, 7) is 4.76. The first-order valence-electron chi connectivity index (χ1n) is 5.27. The van der Waals surface area contributed by atoms with E-state index >= 15 is 0 Å². The standard InChI is InChI=1S/C9H20N2O3S/c1-9(8-14-2)15(12,13)11-6-3-4-10-5-7-11/h9-10H,3-8H2,1-2H3. The Kier molecular flexibility index (Phi) is 4.98. The molecule has 15 heavy (non-hydrogen) atoms. The van der Waals surface area contributed by atoms with Gasteiger partial charge in [0.2, 0.25) is 10.0 Å². The molecule has 0 amide bonds. The molecule has 1 atom stereocenters. The van der Waals surface area contributed by atoms with Gasteiger partial charge in [-0.25, -0.2) is 12.7 Å². The molecule has 1 unspecified atom stereocenters. The predicted octanol–water partition coefficient (Wildman–Crippen LogP) is -0.354. The van der Waals surface area contributed by atoms with Gasteiger partial charge in [0, 0.05) is 26.7 Å². The third kappa shape index (κ3) is 3.41. The highest BCUT2D eigenvalue weighted by Crippen LogP contribution is 2.10. The van der Waals surface area contributed by atoms with E-state index < -0.39 is 15.3 Å². The normalized spacial score (nSPS) is 22.3. The van der Waals surface area contributed by atoms with Crippen LogP contribution in [0.2, 0.25) is 0 Å². The Labute approximate surface area is 91.8 Å². The van der Waals surface area contributed by atoms with Crippen molar-refractivity contribution in [2.75, 3.05) is 39.9 Å². The molecule has 1 aliphatic rings. The van der Waals surface area contributed by atoms with Gasteiger partial charge in [-0.2, -0.15) is 0 Å². The molecule has 1 fully saturated rings. The summed E-state index contributed by atoms with van der Waals surface area (Å²) in [6, 6.07) is 0. The van der Waals surface area contributed by atoms with Crippen LogP contribution in [0, 0.1) is 0 Å². The topological polar surface area (TPSA) is 58.6 Å². The van der Waals surface area contributed by atoms with Gasteiger partial charge in [0.15, 0.2) is 0 Å². The molecule has 1 saturated heterocycles. The summed E-state index contributed by atoms with van der Waals surface area (Å²) in [4.78, 5) is 0. The van der Waals surface area contributed by atoms with E-state index in [1.807, 2.05) is 0 Å². The van der Waals surface area contributed by atoms with E-state index in [1.54, 1.807) is 11.2 Å². The van der Waals surface area contributed by atoms with Gasteiger partial charge < -0.3 is 10.1 Å². The minimum atomic E-state index is -3.18. The zero-order valence-electron chi connectivity index (χ0n) is 9.40. The van der Waals surface area contributed by atoms with Gasteiger partial charge in [0.25, 0.3) is 0 Å². The summed E-state index contributed by atoms with van der Waals surface area (Å²) in [5.74, 6) is 0. The molecule has 5 nitrogen and oxygen atoms in total. The molecule has 1 aliphatic heterocycles. The van der Waals surface area contributed by atoms with Crippen LogP contribution in [0.3, 0.4) is 0 Å². The van der Waals surface area contributed by atoms with E-state index in [1.165, 1.54) is 7.11 Å². The van der Waals surface area contributed by atoms with Crippen LogP contribution in [-0.4, -0.2) is 57.9 Å². The van der Waals surface area contributed by atoms with Gasteiger partial charge in [-0.05, 0) is 19.9 Å².